The van der Waals surface area contributed by atoms with Crippen LogP contribution in [0.5, 0.6) is 0 Å². The lowest BCUT2D eigenvalue weighted by Gasteiger charge is -2.30. The highest BCUT2D eigenvalue weighted by Crippen LogP contribution is 2.29. The van der Waals surface area contributed by atoms with Crippen LogP contribution in [-0.2, 0) is 11.3 Å². The first-order chi connectivity index (χ1) is 15.2. The van der Waals surface area contributed by atoms with Gasteiger partial charge in [-0.25, -0.2) is 4.39 Å². The van der Waals surface area contributed by atoms with Crippen molar-refractivity contribution < 1.29 is 19.1 Å². The summed E-state index contributed by atoms with van der Waals surface area (Å²) < 4.78 is 16.4. The van der Waals surface area contributed by atoms with Crippen LogP contribution in [0, 0.1) is 17.2 Å². The molecule has 1 fully saturated rings. The molecule has 3 N–H and O–H groups in total. The number of aliphatic hydroxyl groups excluding tert-OH is 1. The molecule has 2 aromatic rings. The molecule has 0 aliphatic heterocycles. The van der Waals surface area contributed by atoms with E-state index in [1.165, 1.54) is 25.3 Å². The summed E-state index contributed by atoms with van der Waals surface area (Å²) in [4.78, 5) is 26.0. The minimum absolute atomic E-state index is 0.0250. The van der Waals surface area contributed by atoms with E-state index in [4.69, 9.17) is 5.11 Å². The molecule has 0 saturated heterocycles. The SMILES string of the molecule is CC(C)(C)C(NC(=O)c1nn(CC2CCCCC2)c2c(F)cccc12)C(=O)NCCCO. The fourth-order valence-electron chi connectivity index (χ4n) is 4.37. The van der Waals surface area contributed by atoms with Crippen molar-refractivity contribution in [3.8, 4) is 0 Å². The van der Waals surface area contributed by atoms with E-state index in [-0.39, 0.29) is 18.2 Å². The molecule has 1 aliphatic rings. The molecule has 1 aliphatic carbocycles. The molecule has 1 atom stereocenters. The van der Waals surface area contributed by atoms with Crippen LogP contribution < -0.4 is 10.6 Å². The summed E-state index contributed by atoms with van der Waals surface area (Å²) in [5, 5.41) is 19.5. The minimum atomic E-state index is -0.805. The van der Waals surface area contributed by atoms with Crippen LogP contribution in [0.3, 0.4) is 0 Å². The molecule has 0 radical (unpaired) electrons. The van der Waals surface area contributed by atoms with Crippen LogP contribution in [0.4, 0.5) is 4.39 Å². The van der Waals surface area contributed by atoms with Gasteiger partial charge >= 0.3 is 0 Å². The Morgan fingerprint density at radius 3 is 2.62 bits per heavy atom. The van der Waals surface area contributed by atoms with Gasteiger partial charge in [0.05, 0.1) is 0 Å². The summed E-state index contributed by atoms with van der Waals surface area (Å²) in [7, 11) is 0. The summed E-state index contributed by atoms with van der Waals surface area (Å²) in [5.74, 6) is -0.808. The fourth-order valence-corrected chi connectivity index (χ4v) is 4.37. The van der Waals surface area contributed by atoms with E-state index in [0.29, 0.717) is 36.3 Å². The molecule has 2 amide bonds. The van der Waals surface area contributed by atoms with Crippen LogP contribution in [0.25, 0.3) is 10.9 Å². The third-order valence-corrected chi connectivity index (χ3v) is 6.13. The second-order valence-electron chi connectivity index (χ2n) is 9.81. The Kier molecular flexibility index (Phi) is 7.87. The number of hydrogen-bond acceptors (Lipinski definition) is 4. The molecule has 1 unspecified atom stereocenters. The van der Waals surface area contributed by atoms with Crippen LogP contribution in [0.1, 0.15) is 69.8 Å². The maximum atomic E-state index is 14.8. The number of fused-ring (bicyclic) bond motifs is 1. The number of hydrogen-bond donors (Lipinski definition) is 3. The monoisotopic (exact) mass is 446 g/mol. The zero-order chi connectivity index (χ0) is 23.3. The number of nitrogens with zero attached hydrogens (tertiary/aromatic N) is 2. The highest BCUT2D eigenvalue weighted by molar-refractivity contribution is 6.06. The first kappa shape index (κ1) is 24.2. The smallest absolute Gasteiger partial charge is 0.273 e. The van der Waals surface area contributed by atoms with Gasteiger partial charge in [-0.2, -0.15) is 5.10 Å². The van der Waals surface area contributed by atoms with Gasteiger partial charge in [-0.15, -0.1) is 0 Å². The Morgan fingerprint density at radius 1 is 1.25 bits per heavy atom. The van der Waals surface area contributed by atoms with E-state index in [1.54, 1.807) is 16.8 Å². The lowest BCUT2D eigenvalue weighted by molar-refractivity contribution is -0.125. The number of para-hydroxylation sites is 1. The van der Waals surface area contributed by atoms with Crippen LogP contribution >= 0.6 is 0 Å². The van der Waals surface area contributed by atoms with Gasteiger partial charge in [0.25, 0.3) is 5.91 Å². The molecule has 7 nitrogen and oxygen atoms in total. The van der Waals surface area contributed by atoms with Crippen molar-refractivity contribution in [3.05, 3.63) is 29.7 Å². The largest absolute Gasteiger partial charge is 0.396 e. The van der Waals surface area contributed by atoms with Crippen molar-refractivity contribution in [2.24, 2.45) is 11.3 Å². The quantitative estimate of drug-likeness (QED) is 0.542. The Hall–Kier alpha value is -2.48. The summed E-state index contributed by atoms with van der Waals surface area (Å²) in [6.07, 6.45) is 6.16. The number of rotatable bonds is 8. The molecule has 0 bridgehead atoms. The number of carbonyl (C=O) groups is 2. The molecule has 1 heterocycles. The van der Waals surface area contributed by atoms with Gasteiger partial charge in [-0.3, -0.25) is 14.3 Å². The molecule has 8 heteroatoms. The first-order valence-corrected chi connectivity index (χ1v) is 11.6. The summed E-state index contributed by atoms with van der Waals surface area (Å²) in [6.45, 7) is 6.47. The molecule has 176 valence electrons. The van der Waals surface area contributed by atoms with Gasteiger partial charge in [0, 0.05) is 25.1 Å². The molecule has 1 aromatic heterocycles. The van der Waals surface area contributed by atoms with Gasteiger partial charge in [0.1, 0.15) is 17.4 Å². The van der Waals surface area contributed by atoms with E-state index < -0.39 is 23.2 Å². The minimum Gasteiger partial charge on any atom is -0.396 e. The fraction of sp³-hybridized carbons (Fsp3) is 0.625. The van der Waals surface area contributed by atoms with Crippen molar-refractivity contribution in [2.45, 2.75) is 71.9 Å². The number of amides is 2. The average molecular weight is 447 g/mol. The van der Waals surface area contributed by atoms with Crippen molar-refractivity contribution in [2.75, 3.05) is 13.2 Å². The molecule has 1 saturated carbocycles. The maximum absolute atomic E-state index is 14.8. The van der Waals surface area contributed by atoms with Gasteiger partial charge in [-0.05, 0) is 36.7 Å². The van der Waals surface area contributed by atoms with Crippen molar-refractivity contribution in [3.63, 3.8) is 0 Å². The molecular weight excluding hydrogens is 411 g/mol. The summed E-state index contributed by atoms with van der Waals surface area (Å²) >= 11 is 0. The van der Waals surface area contributed by atoms with E-state index in [1.807, 2.05) is 20.8 Å². The zero-order valence-electron chi connectivity index (χ0n) is 19.3. The number of aromatic nitrogens is 2. The predicted octanol–water partition coefficient (Wildman–Crippen LogP) is 3.40. The second kappa shape index (κ2) is 10.4. The van der Waals surface area contributed by atoms with E-state index in [2.05, 4.69) is 15.7 Å². The van der Waals surface area contributed by atoms with Crippen molar-refractivity contribution >= 4 is 22.7 Å². The summed E-state index contributed by atoms with van der Waals surface area (Å²) in [6, 6.07) is 3.85. The van der Waals surface area contributed by atoms with Crippen molar-refractivity contribution in [1.29, 1.82) is 0 Å². The molecule has 32 heavy (non-hydrogen) atoms. The van der Waals surface area contributed by atoms with Crippen LogP contribution in [0.2, 0.25) is 0 Å². The Labute approximate surface area is 188 Å². The standard InChI is InChI=1S/C24H35FN4O3/c1-24(2,3)21(23(32)26-13-8-14-30)27-22(31)19-17-11-7-12-18(25)20(17)29(28-19)15-16-9-5-4-6-10-16/h7,11-12,16,21,30H,4-6,8-10,13-15H2,1-3H3,(H,26,32)(H,27,31). The molecule has 1 aromatic carbocycles. The number of nitrogens with one attached hydrogen (secondary N) is 2. The van der Waals surface area contributed by atoms with Gasteiger partial charge < -0.3 is 15.7 Å². The number of halogens is 1. The zero-order valence-corrected chi connectivity index (χ0v) is 19.3. The van der Waals surface area contributed by atoms with Crippen LogP contribution in [-0.4, -0.2) is 45.9 Å². The third kappa shape index (κ3) is 5.65. The number of carbonyl (C=O) groups excluding carboxylic acids is 2. The van der Waals surface area contributed by atoms with Gasteiger partial charge in [0.15, 0.2) is 5.69 Å². The second-order valence-corrected chi connectivity index (χ2v) is 9.81. The van der Waals surface area contributed by atoms with Gasteiger partial charge in [0.2, 0.25) is 5.91 Å². The molecule has 3 rings (SSSR count). The predicted molar refractivity (Wildman–Crippen MR) is 122 cm³/mol. The number of benzene rings is 1. The molecule has 0 spiro atoms. The Balaban J connectivity index is 1.87. The number of aliphatic hydroxyl groups is 1. The lowest BCUT2D eigenvalue weighted by Crippen LogP contribution is -2.53. The Morgan fingerprint density at radius 2 is 1.97 bits per heavy atom. The van der Waals surface area contributed by atoms with Crippen LogP contribution in [0.15, 0.2) is 18.2 Å². The highest BCUT2D eigenvalue weighted by atomic mass is 19.1. The lowest BCUT2D eigenvalue weighted by atomic mass is 9.86. The average Bonchev–Trinajstić information content (AvgIpc) is 3.11. The first-order valence-electron chi connectivity index (χ1n) is 11.6. The van der Waals surface area contributed by atoms with E-state index in [9.17, 15) is 14.0 Å². The maximum Gasteiger partial charge on any atom is 0.273 e. The van der Waals surface area contributed by atoms with Gasteiger partial charge in [-0.1, -0.05) is 52.2 Å². The van der Waals surface area contributed by atoms with E-state index in [0.717, 1.165) is 12.8 Å². The third-order valence-electron chi connectivity index (χ3n) is 6.13. The highest BCUT2D eigenvalue weighted by Gasteiger charge is 2.34. The Bertz CT molecular complexity index is 945. The van der Waals surface area contributed by atoms with Crippen molar-refractivity contribution in [1.82, 2.24) is 20.4 Å². The molecular formula is C24H35FN4O3. The normalized spacial score (nSPS) is 16.2. The topological polar surface area (TPSA) is 96.2 Å². The summed E-state index contributed by atoms with van der Waals surface area (Å²) in [5.41, 5.74) is -0.0827. The van der Waals surface area contributed by atoms with E-state index >= 15 is 0 Å².